The molecule has 130 valence electrons. The van der Waals surface area contributed by atoms with Crippen LogP contribution in [0.3, 0.4) is 0 Å². The molecule has 0 bridgehead atoms. The van der Waals surface area contributed by atoms with Crippen LogP contribution in [0.25, 0.3) is 0 Å². The van der Waals surface area contributed by atoms with E-state index in [0.29, 0.717) is 5.41 Å². The van der Waals surface area contributed by atoms with E-state index >= 15 is 0 Å². The van der Waals surface area contributed by atoms with Gasteiger partial charge in [0, 0.05) is 20.1 Å². The fourth-order valence-electron chi connectivity index (χ4n) is 3.06. The second-order valence-electron chi connectivity index (χ2n) is 6.29. The average molecular weight is 431 g/mol. The number of aliphatic imine (C=N–C) groups is 1. The van der Waals surface area contributed by atoms with Gasteiger partial charge >= 0.3 is 0 Å². The molecule has 0 unspecified atom stereocenters. The van der Waals surface area contributed by atoms with Crippen molar-refractivity contribution in [1.82, 2.24) is 10.6 Å². The Morgan fingerprint density at radius 2 is 2.04 bits per heavy atom. The summed E-state index contributed by atoms with van der Waals surface area (Å²) in [6.45, 7) is 6.14. The molecule has 4 nitrogen and oxygen atoms in total. The summed E-state index contributed by atoms with van der Waals surface area (Å²) in [7, 11) is 3.53. The first-order valence-electron chi connectivity index (χ1n) is 8.20. The Hall–Kier alpha value is -0.980. The van der Waals surface area contributed by atoms with Gasteiger partial charge in [-0.2, -0.15) is 0 Å². The zero-order chi connectivity index (χ0) is 16.0. The molecule has 2 rings (SSSR count). The molecule has 5 heteroatoms. The molecule has 1 aliphatic rings. The number of halogens is 1. The van der Waals surface area contributed by atoms with E-state index < -0.39 is 0 Å². The van der Waals surface area contributed by atoms with Crippen molar-refractivity contribution in [3.63, 3.8) is 0 Å². The molecule has 1 aromatic rings. The quantitative estimate of drug-likeness (QED) is 0.409. The minimum Gasteiger partial charge on any atom is -0.496 e. The normalized spacial score (nSPS) is 16.1. The van der Waals surface area contributed by atoms with Gasteiger partial charge in [-0.1, -0.05) is 25.5 Å². The van der Waals surface area contributed by atoms with Crippen molar-refractivity contribution in [3.8, 4) is 5.75 Å². The topological polar surface area (TPSA) is 45.7 Å². The van der Waals surface area contributed by atoms with E-state index in [1.165, 1.54) is 31.2 Å². The van der Waals surface area contributed by atoms with Crippen LogP contribution in [-0.4, -0.2) is 26.7 Å². The summed E-state index contributed by atoms with van der Waals surface area (Å²) < 4.78 is 5.30. The zero-order valence-electron chi connectivity index (χ0n) is 14.7. The third-order valence-corrected chi connectivity index (χ3v) is 4.94. The van der Waals surface area contributed by atoms with Gasteiger partial charge in [0.2, 0.25) is 0 Å². The minimum atomic E-state index is 0. The molecule has 23 heavy (non-hydrogen) atoms. The Labute approximate surface area is 157 Å². The van der Waals surface area contributed by atoms with Crippen molar-refractivity contribution in [2.75, 3.05) is 20.7 Å². The molecule has 0 atom stereocenters. The number of rotatable bonds is 6. The van der Waals surface area contributed by atoms with E-state index in [1.807, 2.05) is 13.1 Å². The summed E-state index contributed by atoms with van der Waals surface area (Å²) >= 11 is 0. The summed E-state index contributed by atoms with van der Waals surface area (Å²) in [6, 6.07) is 6.26. The van der Waals surface area contributed by atoms with Crippen molar-refractivity contribution < 1.29 is 4.74 Å². The SMILES string of the molecule is CCC1(CNC(=NC)NCc2ccc(OC)c(C)c2)CCC1.I. The van der Waals surface area contributed by atoms with Gasteiger partial charge in [0.1, 0.15) is 5.75 Å². The minimum absolute atomic E-state index is 0. The lowest BCUT2D eigenvalue weighted by atomic mass is 9.67. The van der Waals surface area contributed by atoms with Gasteiger partial charge in [-0.15, -0.1) is 24.0 Å². The molecule has 1 fully saturated rings. The Bertz CT molecular complexity index is 521. The number of methoxy groups -OCH3 is 1. The van der Waals surface area contributed by atoms with Crippen LogP contribution in [0, 0.1) is 12.3 Å². The summed E-state index contributed by atoms with van der Waals surface area (Å²) in [5.74, 6) is 1.81. The molecule has 0 saturated heterocycles. The number of hydrogen-bond donors (Lipinski definition) is 2. The molecule has 0 heterocycles. The van der Waals surface area contributed by atoms with Gasteiger partial charge in [-0.25, -0.2) is 0 Å². The third kappa shape index (κ3) is 5.26. The van der Waals surface area contributed by atoms with Crippen LogP contribution in [0.1, 0.15) is 43.7 Å². The van der Waals surface area contributed by atoms with Crippen molar-refractivity contribution in [1.29, 1.82) is 0 Å². The first-order valence-corrected chi connectivity index (χ1v) is 8.20. The smallest absolute Gasteiger partial charge is 0.191 e. The lowest BCUT2D eigenvalue weighted by Crippen LogP contribution is -2.46. The maximum atomic E-state index is 5.30. The first-order chi connectivity index (χ1) is 10.6. The monoisotopic (exact) mass is 431 g/mol. The van der Waals surface area contributed by atoms with E-state index in [9.17, 15) is 0 Å². The number of nitrogens with one attached hydrogen (secondary N) is 2. The third-order valence-electron chi connectivity index (χ3n) is 4.94. The van der Waals surface area contributed by atoms with E-state index in [1.54, 1.807) is 7.11 Å². The number of aryl methyl sites for hydroxylation is 1. The van der Waals surface area contributed by atoms with Crippen LogP contribution in [-0.2, 0) is 6.54 Å². The number of nitrogens with zero attached hydrogens (tertiary/aromatic N) is 1. The predicted octanol–water partition coefficient (Wildman–Crippen LogP) is 3.87. The number of ether oxygens (including phenoxy) is 1. The Morgan fingerprint density at radius 3 is 2.52 bits per heavy atom. The van der Waals surface area contributed by atoms with Crippen molar-refractivity contribution in [3.05, 3.63) is 29.3 Å². The predicted molar refractivity (Wildman–Crippen MR) is 108 cm³/mol. The Kier molecular flexibility index (Phi) is 8.16. The van der Waals surface area contributed by atoms with Gasteiger partial charge < -0.3 is 15.4 Å². The second kappa shape index (κ2) is 9.35. The van der Waals surface area contributed by atoms with Crippen molar-refractivity contribution in [2.24, 2.45) is 10.4 Å². The van der Waals surface area contributed by atoms with E-state index in [-0.39, 0.29) is 24.0 Å². The molecule has 0 amide bonds. The van der Waals surface area contributed by atoms with Crippen LogP contribution >= 0.6 is 24.0 Å². The summed E-state index contributed by atoms with van der Waals surface area (Å²) in [5, 5.41) is 6.88. The average Bonchev–Trinajstić information content (AvgIpc) is 2.49. The lowest BCUT2D eigenvalue weighted by Gasteiger charge is -2.41. The van der Waals surface area contributed by atoms with E-state index in [0.717, 1.165) is 30.4 Å². The largest absolute Gasteiger partial charge is 0.496 e. The van der Waals surface area contributed by atoms with Crippen molar-refractivity contribution >= 4 is 29.9 Å². The molecule has 1 aromatic carbocycles. The fraction of sp³-hybridized carbons (Fsp3) is 0.611. The van der Waals surface area contributed by atoms with Crippen LogP contribution in [0.2, 0.25) is 0 Å². The van der Waals surface area contributed by atoms with Crippen LogP contribution in [0.15, 0.2) is 23.2 Å². The lowest BCUT2D eigenvalue weighted by molar-refractivity contribution is 0.131. The molecule has 1 saturated carbocycles. The van der Waals surface area contributed by atoms with Gasteiger partial charge in [0.05, 0.1) is 7.11 Å². The fourth-order valence-corrected chi connectivity index (χ4v) is 3.06. The van der Waals surface area contributed by atoms with Crippen LogP contribution < -0.4 is 15.4 Å². The van der Waals surface area contributed by atoms with Gasteiger partial charge in [0.15, 0.2) is 5.96 Å². The highest BCUT2D eigenvalue weighted by molar-refractivity contribution is 14.0. The molecular formula is C18H30IN3O. The second-order valence-corrected chi connectivity index (χ2v) is 6.29. The van der Waals surface area contributed by atoms with E-state index in [2.05, 4.69) is 41.6 Å². The highest BCUT2D eigenvalue weighted by atomic mass is 127. The standard InChI is InChI=1S/C18H29N3O.HI/c1-5-18(9-6-10-18)13-21-17(19-3)20-12-15-7-8-16(22-4)14(2)11-15;/h7-8,11H,5-6,9-10,12-13H2,1-4H3,(H2,19,20,21);1H. The number of guanidine groups is 1. The molecule has 0 radical (unpaired) electrons. The molecule has 0 aromatic heterocycles. The summed E-state index contributed by atoms with van der Waals surface area (Å²) in [6.07, 6.45) is 5.29. The Morgan fingerprint density at radius 1 is 1.30 bits per heavy atom. The highest BCUT2D eigenvalue weighted by Crippen LogP contribution is 2.42. The van der Waals surface area contributed by atoms with Crippen LogP contribution in [0.5, 0.6) is 5.75 Å². The number of hydrogen-bond acceptors (Lipinski definition) is 2. The molecule has 2 N–H and O–H groups in total. The molecule has 0 aliphatic heterocycles. The zero-order valence-corrected chi connectivity index (χ0v) is 17.1. The molecule has 0 spiro atoms. The molecular weight excluding hydrogens is 401 g/mol. The molecule has 1 aliphatic carbocycles. The first kappa shape index (κ1) is 20.1. The highest BCUT2D eigenvalue weighted by Gasteiger charge is 2.34. The van der Waals surface area contributed by atoms with Gasteiger partial charge in [0.25, 0.3) is 0 Å². The maximum absolute atomic E-state index is 5.30. The van der Waals surface area contributed by atoms with Gasteiger partial charge in [-0.05, 0) is 48.8 Å². The summed E-state index contributed by atoms with van der Waals surface area (Å²) in [5.41, 5.74) is 2.88. The van der Waals surface area contributed by atoms with Gasteiger partial charge in [-0.3, -0.25) is 4.99 Å². The van der Waals surface area contributed by atoms with Crippen LogP contribution in [0.4, 0.5) is 0 Å². The number of benzene rings is 1. The summed E-state index contributed by atoms with van der Waals surface area (Å²) in [4.78, 5) is 4.32. The van der Waals surface area contributed by atoms with Crippen molar-refractivity contribution in [2.45, 2.75) is 46.1 Å². The maximum Gasteiger partial charge on any atom is 0.191 e. The Balaban J connectivity index is 0.00000264. The van der Waals surface area contributed by atoms with E-state index in [4.69, 9.17) is 4.74 Å².